The number of carbonyl (C=O) groups is 1. The zero-order chi connectivity index (χ0) is 11.4. The van der Waals surface area contributed by atoms with Crippen LogP contribution < -0.4 is 11.1 Å². The van der Waals surface area contributed by atoms with Crippen molar-refractivity contribution in [2.75, 3.05) is 5.32 Å². The summed E-state index contributed by atoms with van der Waals surface area (Å²) in [5.74, 6) is -0.00669. The monoisotopic (exact) mass is 270 g/mol. The van der Waals surface area contributed by atoms with Gasteiger partial charge in [-0.05, 0) is 30.2 Å². The third kappa shape index (κ3) is 3.64. The van der Waals surface area contributed by atoms with Crippen LogP contribution in [0.1, 0.15) is 13.8 Å². The third-order valence-corrected chi connectivity index (χ3v) is 2.66. The maximum Gasteiger partial charge on any atom is 0.241 e. The zero-order valence-electron chi connectivity index (χ0n) is 8.83. The molecule has 0 bridgehead atoms. The predicted octanol–water partition coefficient (Wildman–Crippen LogP) is 2.37. The SMILES string of the molecule is CC(C)[C@@H](N)C(=O)Nc1ccc(Br)cc1. The molecule has 82 valence electrons. The van der Waals surface area contributed by atoms with E-state index in [4.69, 9.17) is 5.73 Å². The Kier molecular flexibility index (Phi) is 4.29. The minimum Gasteiger partial charge on any atom is -0.325 e. The molecule has 1 atom stereocenters. The summed E-state index contributed by atoms with van der Waals surface area (Å²) in [5, 5.41) is 2.77. The van der Waals surface area contributed by atoms with Crippen molar-refractivity contribution < 1.29 is 4.79 Å². The Morgan fingerprint density at radius 1 is 1.33 bits per heavy atom. The van der Waals surface area contributed by atoms with Crippen molar-refractivity contribution in [3.63, 3.8) is 0 Å². The minimum absolute atomic E-state index is 0.139. The molecular weight excluding hydrogens is 256 g/mol. The Balaban J connectivity index is 2.62. The highest BCUT2D eigenvalue weighted by molar-refractivity contribution is 9.10. The Bertz CT molecular complexity index is 335. The summed E-state index contributed by atoms with van der Waals surface area (Å²) in [5.41, 5.74) is 6.48. The minimum atomic E-state index is -0.464. The van der Waals surface area contributed by atoms with E-state index < -0.39 is 6.04 Å². The summed E-state index contributed by atoms with van der Waals surface area (Å²) in [4.78, 5) is 11.6. The molecule has 1 rings (SSSR count). The normalized spacial score (nSPS) is 12.6. The second kappa shape index (κ2) is 5.28. The number of anilines is 1. The van der Waals surface area contributed by atoms with Crippen LogP contribution in [0.25, 0.3) is 0 Å². The van der Waals surface area contributed by atoms with Crippen LogP contribution in [0.3, 0.4) is 0 Å². The van der Waals surface area contributed by atoms with Crippen LogP contribution in [0.4, 0.5) is 5.69 Å². The Labute approximate surface area is 98.2 Å². The highest BCUT2D eigenvalue weighted by Gasteiger charge is 2.16. The van der Waals surface area contributed by atoms with Crippen LogP contribution in [0.5, 0.6) is 0 Å². The predicted molar refractivity (Wildman–Crippen MR) is 65.6 cm³/mol. The molecule has 0 aliphatic heterocycles. The zero-order valence-corrected chi connectivity index (χ0v) is 10.4. The van der Waals surface area contributed by atoms with Crippen molar-refractivity contribution >= 4 is 27.5 Å². The highest BCUT2D eigenvalue weighted by atomic mass is 79.9. The maximum atomic E-state index is 11.6. The molecule has 3 N–H and O–H groups in total. The van der Waals surface area contributed by atoms with E-state index in [0.29, 0.717) is 0 Å². The summed E-state index contributed by atoms with van der Waals surface area (Å²) in [6.07, 6.45) is 0. The molecule has 0 aliphatic rings. The lowest BCUT2D eigenvalue weighted by Crippen LogP contribution is -2.39. The van der Waals surface area contributed by atoms with Crippen molar-refractivity contribution in [1.82, 2.24) is 0 Å². The van der Waals surface area contributed by atoms with E-state index in [9.17, 15) is 4.79 Å². The van der Waals surface area contributed by atoms with Gasteiger partial charge in [-0.25, -0.2) is 0 Å². The van der Waals surface area contributed by atoms with Gasteiger partial charge in [0.2, 0.25) is 5.91 Å². The summed E-state index contributed by atoms with van der Waals surface area (Å²) in [7, 11) is 0. The first kappa shape index (κ1) is 12.2. The summed E-state index contributed by atoms with van der Waals surface area (Å²) in [6.45, 7) is 3.84. The molecule has 0 saturated heterocycles. The summed E-state index contributed by atoms with van der Waals surface area (Å²) in [6, 6.07) is 6.94. The molecule has 1 aromatic rings. The molecule has 1 amide bonds. The number of carbonyl (C=O) groups excluding carboxylic acids is 1. The van der Waals surface area contributed by atoms with Crippen LogP contribution in [0.15, 0.2) is 28.7 Å². The fourth-order valence-corrected chi connectivity index (χ4v) is 1.33. The first-order chi connectivity index (χ1) is 7.00. The van der Waals surface area contributed by atoms with Crippen molar-refractivity contribution in [3.8, 4) is 0 Å². The quantitative estimate of drug-likeness (QED) is 0.886. The van der Waals surface area contributed by atoms with Gasteiger partial charge in [-0.2, -0.15) is 0 Å². The Morgan fingerprint density at radius 2 is 1.87 bits per heavy atom. The van der Waals surface area contributed by atoms with Gasteiger partial charge in [-0.1, -0.05) is 29.8 Å². The number of benzene rings is 1. The molecule has 0 spiro atoms. The average molecular weight is 271 g/mol. The molecule has 0 aliphatic carbocycles. The second-order valence-corrected chi connectivity index (χ2v) is 4.68. The smallest absolute Gasteiger partial charge is 0.241 e. The van der Waals surface area contributed by atoms with Crippen LogP contribution in [-0.4, -0.2) is 11.9 Å². The standard InChI is InChI=1S/C11H15BrN2O/c1-7(2)10(13)11(15)14-9-5-3-8(12)4-6-9/h3-7,10H,13H2,1-2H3,(H,14,15)/t10-/m1/s1. The number of hydrogen-bond acceptors (Lipinski definition) is 2. The molecule has 0 radical (unpaired) electrons. The largest absolute Gasteiger partial charge is 0.325 e. The summed E-state index contributed by atoms with van der Waals surface area (Å²) >= 11 is 3.33. The topological polar surface area (TPSA) is 55.1 Å². The van der Waals surface area contributed by atoms with Crippen molar-refractivity contribution in [1.29, 1.82) is 0 Å². The number of nitrogens with one attached hydrogen (secondary N) is 1. The van der Waals surface area contributed by atoms with Crippen LogP contribution in [0.2, 0.25) is 0 Å². The number of nitrogens with two attached hydrogens (primary N) is 1. The Morgan fingerprint density at radius 3 is 2.33 bits per heavy atom. The molecule has 0 unspecified atom stereocenters. The number of halogens is 1. The van der Waals surface area contributed by atoms with Crippen molar-refractivity contribution in [2.45, 2.75) is 19.9 Å². The van der Waals surface area contributed by atoms with Gasteiger partial charge in [-0.3, -0.25) is 4.79 Å². The molecule has 0 aromatic heterocycles. The molecular formula is C11H15BrN2O. The van der Waals surface area contributed by atoms with Gasteiger partial charge in [-0.15, -0.1) is 0 Å². The average Bonchev–Trinajstić information content (AvgIpc) is 2.20. The van der Waals surface area contributed by atoms with E-state index in [1.165, 1.54) is 0 Å². The number of hydrogen-bond donors (Lipinski definition) is 2. The van der Waals surface area contributed by atoms with Gasteiger partial charge in [0.15, 0.2) is 0 Å². The second-order valence-electron chi connectivity index (χ2n) is 3.77. The number of amides is 1. The van der Waals surface area contributed by atoms with Gasteiger partial charge in [0.05, 0.1) is 6.04 Å². The molecule has 0 saturated carbocycles. The molecule has 4 heteroatoms. The van der Waals surface area contributed by atoms with E-state index in [2.05, 4.69) is 21.2 Å². The van der Waals surface area contributed by atoms with E-state index in [1.807, 2.05) is 38.1 Å². The Hall–Kier alpha value is -0.870. The number of rotatable bonds is 3. The molecule has 15 heavy (non-hydrogen) atoms. The molecule has 0 heterocycles. The lowest BCUT2D eigenvalue weighted by Gasteiger charge is -2.15. The van der Waals surface area contributed by atoms with Crippen LogP contribution >= 0.6 is 15.9 Å². The van der Waals surface area contributed by atoms with Crippen LogP contribution in [-0.2, 0) is 4.79 Å². The lowest BCUT2D eigenvalue weighted by atomic mass is 10.1. The molecule has 1 aromatic carbocycles. The molecule has 0 fully saturated rings. The van der Waals surface area contributed by atoms with Crippen molar-refractivity contribution in [2.24, 2.45) is 11.7 Å². The highest BCUT2D eigenvalue weighted by Crippen LogP contribution is 2.14. The van der Waals surface area contributed by atoms with E-state index in [-0.39, 0.29) is 11.8 Å². The maximum absolute atomic E-state index is 11.6. The van der Waals surface area contributed by atoms with E-state index in [0.717, 1.165) is 10.2 Å². The lowest BCUT2D eigenvalue weighted by molar-refractivity contribution is -0.118. The van der Waals surface area contributed by atoms with Gasteiger partial charge >= 0.3 is 0 Å². The van der Waals surface area contributed by atoms with Gasteiger partial charge in [0.25, 0.3) is 0 Å². The van der Waals surface area contributed by atoms with Gasteiger partial charge in [0.1, 0.15) is 0 Å². The first-order valence-electron chi connectivity index (χ1n) is 4.82. The fourth-order valence-electron chi connectivity index (χ4n) is 1.06. The summed E-state index contributed by atoms with van der Waals surface area (Å²) < 4.78 is 0.980. The van der Waals surface area contributed by atoms with Crippen molar-refractivity contribution in [3.05, 3.63) is 28.7 Å². The van der Waals surface area contributed by atoms with E-state index >= 15 is 0 Å². The first-order valence-corrected chi connectivity index (χ1v) is 5.62. The van der Waals surface area contributed by atoms with Gasteiger partial charge in [0, 0.05) is 10.2 Å². The molecule has 3 nitrogen and oxygen atoms in total. The van der Waals surface area contributed by atoms with Gasteiger partial charge < -0.3 is 11.1 Å². The third-order valence-electron chi connectivity index (χ3n) is 2.13. The van der Waals surface area contributed by atoms with E-state index in [1.54, 1.807) is 0 Å². The fraction of sp³-hybridized carbons (Fsp3) is 0.364. The van der Waals surface area contributed by atoms with Crippen LogP contribution in [0, 0.1) is 5.92 Å².